The number of anilines is 2. The molecule has 0 aliphatic carbocycles. The van der Waals surface area contributed by atoms with Gasteiger partial charge in [0.25, 0.3) is 0 Å². The quantitative estimate of drug-likeness (QED) is 0.783. The van der Waals surface area contributed by atoms with Crippen molar-refractivity contribution in [2.75, 3.05) is 5.32 Å². The van der Waals surface area contributed by atoms with Crippen molar-refractivity contribution in [1.82, 2.24) is 15.0 Å². The number of nitrogens with zero attached hydrogens (tertiary/aromatic N) is 3. The molecule has 3 aromatic rings. The molecule has 0 spiro atoms. The van der Waals surface area contributed by atoms with Crippen LogP contribution >= 0.6 is 0 Å². The molecular formula is C16H14N4. The van der Waals surface area contributed by atoms with Gasteiger partial charge in [-0.2, -0.15) is 0 Å². The molecule has 0 unspecified atom stereocenters. The van der Waals surface area contributed by atoms with Crippen molar-refractivity contribution in [3.8, 4) is 11.3 Å². The molecule has 0 amide bonds. The Balaban J connectivity index is 1.88. The largest absolute Gasteiger partial charge is 0.324 e. The highest BCUT2D eigenvalue weighted by Gasteiger charge is 2.02. The van der Waals surface area contributed by atoms with Gasteiger partial charge >= 0.3 is 0 Å². The summed E-state index contributed by atoms with van der Waals surface area (Å²) in [5, 5.41) is 3.22. The third kappa shape index (κ3) is 2.80. The predicted molar refractivity (Wildman–Crippen MR) is 79.7 cm³/mol. The van der Waals surface area contributed by atoms with Crippen LogP contribution in [0, 0.1) is 6.92 Å². The van der Waals surface area contributed by atoms with Gasteiger partial charge in [0.05, 0.1) is 5.69 Å². The van der Waals surface area contributed by atoms with Crippen LogP contribution in [0.5, 0.6) is 0 Å². The summed E-state index contributed by atoms with van der Waals surface area (Å²) in [5.41, 5.74) is 4.07. The minimum absolute atomic E-state index is 0.588. The van der Waals surface area contributed by atoms with Crippen LogP contribution in [-0.2, 0) is 0 Å². The highest BCUT2D eigenvalue weighted by molar-refractivity contribution is 5.61. The Bertz CT molecular complexity index is 710. The number of rotatable bonds is 3. The molecule has 3 rings (SSSR count). The second-order valence-electron chi connectivity index (χ2n) is 4.50. The summed E-state index contributed by atoms with van der Waals surface area (Å²) in [7, 11) is 0. The van der Waals surface area contributed by atoms with E-state index in [9.17, 15) is 0 Å². The number of hydrogen-bond donors (Lipinski definition) is 1. The minimum Gasteiger partial charge on any atom is -0.324 e. The summed E-state index contributed by atoms with van der Waals surface area (Å²) in [6.07, 6.45) is 5.26. The van der Waals surface area contributed by atoms with E-state index < -0.39 is 0 Å². The molecule has 0 fully saturated rings. The summed E-state index contributed by atoms with van der Waals surface area (Å²) >= 11 is 0. The van der Waals surface area contributed by atoms with Crippen LogP contribution in [0.3, 0.4) is 0 Å². The first kappa shape index (κ1) is 12.3. The Hall–Kier alpha value is -2.75. The van der Waals surface area contributed by atoms with E-state index in [0.29, 0.717) is 5.95 Å². The molecule has 2 aromatic heterocycles. The standard InChI is InChI=1S/C16H14N4/c1-12-3-2-4-14(11-12)19-16-18-10-7-15(20-16)13-5-8-17-9-6-13/h2-11H,1H3,(H,18,19,20). The van der Waals surface area contributed by atoms with Crippen LogP contribution in [0.1, 0.15) is 5.56 Å². The van der Waals surface area contributed by atoms with E-state index in [1.165, 1.54) is 5.56 Å². The van der Waals surface area contributed by atoms with Crippen LogP contribution in [0.25, 0.3) is 11.3 Å². The van der Waals surface area contributed by atoms with Gasteiger partial charge in [0.2, 0.25) is 5.95 Å². The van der Waals surface area contributed by atoms with Crippen LogP contribution in [0.4, 0.5) is 11.6 Å². The van der Waals surface area contributed by atoms with Gasteiger partial charge in [-0.25, -0.2) is 9.97 Å². The Labute approximate surface area is 117 Å². The lowest BCUT2D eigenvalue weighted by atomic mass is 10.2. The number of aryl methyl sites for hydroxylation is 1. The zero-order valence-electron chi connectivity index (χ0n) is 11.1. The second-order valence-corrected chi connectivity index (χ2v) is 4.50. The average molecular weight is 262 g/mol. The first-order valence-electron chi connectivity index (χ1n) is 6.38. The topological polar surface area (TPSA) is 50.7 Å². The van der Waals surface area contributed by atoms with Gasteiger partial charge in [0, 0.05) is 29.8 Å². The van der Waals surface area contributed by atoms with E-state index in [1.54, 1.807) is 18.6 Å². The van der Waals surface area contributed by atoms with Crippen LogP contribution in [0.15, 0.2) is 61.1 Å². The molecule has 0 aliphatic heterocycles. The monoisotopic (exact) mass is 262 g/mol. The molecule has 0 bridgehead atoms. The van der Waals surface area contributed by atoms with E-state index in [-0.39, 0.29) is 0 Å². The molecule has 0 aliphatic rings. The van der Waals surface area contributed by atoms with Gasteiger partial charge in [0.1, 0.15) is 0 Å². The first-order valence-corrected chi connectivity index (χ1v) is 6.38. The van der Waals surface area contributed by atoms with Crippen LogP contribution < -0.4 is 5.32 Å². The molecule has 0 atom stereocenters. The molecule has 0 radical (unpaired) electrons. The highest BCUT2D eigenvalue weighted by atomic mass is 15.1. The second kappa shape index (κ2) is 5.48. The zero-order valence-corrected chi connectivity index (χ0v) is 11.1. The van der Waals surface area contributed by atoms with Crippen molar-refractivity contribution >= 4 is 11.6 Å². The third-order valence-electron chi connectivity index (χ3n) is 2.91. The molecule has 4 heteroatoms. The van der Waals surface area contributed by atoms with Gasteiger partial charge in [-0.15, -0.1) is 0 Å². The summed E-state index contributed by atoms with van der Waals surface area (Å²) in [6, 6.07) is 13.9. The van der Waals surface area contributed by atoms with Crippen molar-refractivity contribution < 1.29 is 0 Å². The molecule has 0 saturated carbocycles. The Kier molecular flexibility index (Phi) is 3.37. The smallest absolute Gasteiger partial charge is 0.227 e. The number of pyridine rings is 1. The van der Waals surface area contributed by atoms with Gasteiger partial charge < -0.3 is 5.32 Å². The summed E-state index contributed by atoms with van der Waals surface area (Å²) < 4.78 is 0. The number of aromatic nitrogens is 3. The number of benzene rings is 1. The molecule has 1 aromatic carbocycles. The molecular weight excluding hydrogens is 248 g/mol. The maximum atomic E-state index is 4.52. The fourth-order valence-electron chi connectivity index (χ4n) is 1.95. The lowest BCUT2D eigenvalue weighted by Crippen LogP contribution is -1.98. The van der Waals surface area contributed by atoms with E-state index in [2.05, 4.69) is 39.3 Å². The maximum Gasteiger partial charge on any atom is 0.227 e. The summed E-state index contributed by atoms with van der Waals surface area (Å²) in [5.74, 6) is 0.588. The van der Waals surface area contributed by atoms with Crippen LogP contribution in [0.2, 0.25) is 0 Å². The average Bonchev–Trinajstić information content (AvgIpc) is 2.48. The fourth-order valence-corrected chi connectivity index (χ4v) is 1.95. The minimum atomic E-state index is 0.588. The molecule has 2 heterocycles. The lowest BCUT2D eigenvalue weighted by molar-refractivity contribution is 1.17. The Morgan fingerprint density at radius 1 is 0.950 bits per heavy atom. The van der Waals surface area contributed by atoms with Crippen molar-refractivity contribution in [2.24, 2.45) is 0 Å². The molecule has 1 N–H and O–H groups in total. The predicted octanol–water partition coefficient (Wildman–Crippen LogP) is 3.59. The normalized spacial score (nSPS) is 10.2. The molecule has 20 heavy (non-hydrogen) atoms. The van der Waals surface area contributed by atoms with E-state index in [1.807, 2.05) is 30.3 Å². The summed E-state index contributed by atoms with van der Waals surface area (Å²) in [4.78, 5) is 12.8. The van der Waals surface area contributed by atoms with E-state index in [0.717, 1.165) is 16.9 Å². The van der Waals surface area contributed by atoms with Crippen LogP contribution in [-0.4, -0.2) is 15.0 Å². The lowest BCUT2D eigenvalue weighted by Gasteiger charge is -2.07. The van der Waals surface area contributed by atoms with E-state index in [4.69, 9.17) is 0 Å². The van der Waals surface area contributed by atoms with Crippen molar-refractivity contribution in [1.29, 1.82) is 0 Å². The third-order valence-corrected chi connectivity index (χ3v) is 2.91. The zero-order chi connectivity index (χ0) is 13.8. The molecule has 4 nitrogen and oxygen atoms in total. The van der Waals surface area contributed by atoms with E-state index >= 15 is 0 Å². The maximum absolute atomic E-state index is 4.52. The van der Waals surface area contributed by atoms with Crippen molar-refractivity contribution in [3.05, 3.63) is 66.6 Å². The Morgan fingerprint density at radius 2 is 1.80 bits per heavy atom. The Morgan fingerprint density at radius 3 is 2.60 bits per heavy atom. The highest BCUT2D eigenvalue weighted by Crippen LogP contribution is 2.19. The van der Waals surface area contributed by atoms with Gasteiger partial charge in [-0.3, -0.25) is 4.98 Å². The molecule has 0 saturated heterocycles. The van der Waals surface area contributed by atoms with Gasteiger partial charge in [-0.05, 0) is 42.8 Å². The fraction of sp³-hybridized carbons (Fsp3) is 0.0625. The van der Waals surface area contributed by atoms with Gasteiger partial charge in [-0.1, -0.05) is 12.1 Å². The van der Waals surface area contributed by atoms with Gasteiger partial charge in [0.15, 0.2) is 0 Å². The van der Waals surface area contributed by atoms with Crippen molar-refractivity contribution in [2.45, 2.75) is 6.92 Å². The number of hydrogen-bond acceptors (Lipinski definition) is 4. The SMILES string of the molecule is Cc1cccc(Nc2nccc(-c3ccncc3)n2)c1. The number of nitrogens with one attached hydrogen (secondary N) is 1. The molecule has 98 valence electrons. The summed E-state index contributed by atoms with van der Waals surface area (Å²) in [6.45, 7) is 2.05. The first-order chi connectivity index (χ1) is 9.81. The van der Waals surface area contributed by atoms with Crippen molar-refractivity contribution in [3.63, 3.8) is 0 Å².